The standard InChI is InChI=1S/C21H22N2O6/c1-14(20(25)22-23-21(26)16-8-5-4-6-9-16)29-18(24)13-12-15-10-7-11-17(27-2)19(15)28-3/h4-14H,1-3H3,(H,22,25)(H,23,26)/b13-12+/t14-/m0/s1. The van der Waals surface area contributed by atoms with E-state index in [0.29, 0.717) is 22.6 Å². The minimum atomic E-state index is -1.12. The van der Waals surface area contributed by atoms with Gasteiger partial charge in [0, 0.05) is 17.2 Å². The molecule has 0 aliphatic carbocycles. The van der Waals surface area contributed by atoms with E-state index in [-0.39, 0.29) is 0 Å². The van der Waals surface area contributed by atoms with Crippen molar-refractivity contribution in [2.75, 3.05) is 14.2 Å². The summed E-state index contributed by atoms with van der Waals surface area (Å²) in [4.78, 5) is 35.9. The Hall–Kier alpha value is -3.81. The zero-order valence-corrected chi connectivity index (χ0v) is 16.3. The molecule has 0 fully saturated rings. The highest BCUT2D eigenvalue weighted by Crippen LogP contribution is 2.31. The van der Waals surface area contributed by atoms with E-state index in [0.717, 1.165) is 0 Å². The number of carbonyl (C=O) groups is 3. The normalized spacial score (nSPS) is 11.4. The van der Waals surface area contributed by atoms with Gasteiger partial charge in [-0.2, -0.15) is 0 Å². The first kappa shape index (κ1) is 21.5. The summed E-state index contributed by atoms with van der Waals surface area (Å²) >= 11 is 0. The van der Waals surface area contributed by atoms with Crippen molar-refractivity contribution in [3.63, 3.8) is 0 Å². The molecule has 29 heavy (non-hydrogen) atoms. The molecule has 2 N–H and O–H groups in total. The maximum absolute atomic E-state index is 12.0. The van der Waals surface area contributed by atoms with Gasteiger partial charge in [0.1, 0.15) is 0 Å². The number of rotatable bonds is 7. The van der Waals surface area contributed by atoms with Crippen LogP contribution in [0.1, 0.15) is 22.8 Å². The summed E-state index contributed by atoms with van der Waals surface area (Å²) in [5.74, 6) is -0.900. The average molecular weight is 398 g/mol. The predicted octanol–water partition coefficient (Wildman–Crippen LogP) is 2.11. The van der Waals surface area contributed by atoms with Gasteiger partial charge in [0.25, 0.3) is 11.8 Å². The van der Waals surface area contributed by atoms with Crippen LogP contribution in [0.5, 0.6) is 11.5 Å². The van der Waals surface area contributed by atoms with Gasteiger partial charge in [0.2, 0.25) is 0 Å². The van der Waals surface area contributed by atoms with Crippen molar-refractivity contribution in [2.45, 2.75) is 13.0 Å². The Balaban J connectivity index is 1.89. The van der Waals surface area contributed by atoms with E-state index in [1.54, 1.807) is 48.5 Å². The van der Waals surface area contributed by atoms with E-state index in [9.17, 15) is 14.4 Å². The summed E-state index contributed by atoms with van der Waals surface area (Å²) in [7, 11) is 3.00. The lowest BCUT2D eigenvalue weighted by molar-refractivity contribution is -0.150. The van der Waals surface area contributed by atoms with Gasteiger partial charge < -0.3 is 14.2 Å². The quantitative estimate of drug-likeness (QED) is 0.421. The highest BCUT2D eigenvalue weighted by molar-refractivity contribution is 5.96. The molecule has 0 spiro atoms. The topological polar surface area (TPSA) is 103 Å². The van der Waals surface area contributed by atoms with Crippen molar-refractivity contribution in [1.82, 2.24) is 10.9 Å². The molecule has 2 rings (SSSR count). The van der Waals surface area contributed by atoms with Crippen LogP contribution in [0.2, 0.25) is 0 Å². The van der Waals surface area contributed by atoms with Crippen LogP contribution >= 0.6 is 0 Å². The molecule has 2 aromatic rings. The third kappa shape index (κ3) is 6.10. The van der Waals surface area contributed by atoms with Gasteiger partial charge in [-0.3, -0.25) is 20.4 Å². The average Bonchev–Trinajstić information content (AvgIpc) is 2.75. The zero-order valence-electron chi connectivity index (χ0n) is 16.3. The molecule has 0 aromatic heterocycles. The van der Waals surface area contributed by atoms with Crippen molar-refractivity contribution in [3.8, 4) is 11.5 Å². The summed E-state index contributed by atoms with van der Waals surface area (Å²) in [6.07, 6.45) is 1.55. The second-order valence-electron chi connectivity index (χ2n) is 5.80. The van der Waals surface area contributed by atoms with Gasteiger partial charge in [-0.05, 0) is 31.2 Å². The molecule has 2 amide bonds. The van der Waals surface area contributed by atoms with Gasteiger partial charge in [-0.15, -0.1) is 0 Å². The molecule has 8 heteroatoms. The number of benzene rings is 2. The summed E-state index contributed by atoms with van der Waals surface area (Å²) in [5, 5.41) is 0. The summed E-state index contributed by atoms with van der Waals surface area (Å²) < 4.78 is 15.5. The van der Waals surface area contributed by atoms with Crippen molar-refractivity contribution in [3.05, 3.63) is 65.7 Å². The molecule has 0 saturated heterocycles. The summed E-state index contributed by atoms with van der Waals surface area (Å²) in [6, 6.07) is 13.6. The van der Waals surface area contributed by atoms with Crippen LogP contribution in [0.25, 0.3) is 6.08 Å². The van der Waals surface area contributed by atoms with Crippen LogP contribution in [-0.2, 0) is 14.3 Å². The predicted molar refractivity (Wildman–Crippen MR) is 106 cm³/mol. The first-order valence-corrected chi connectivity index (χ1v) is 8.71. The largest absolute Gasteiger partial charge is 0.493 e. The van der Waals surface area contributed by atoms with Crippen LogP contribution in [-0.4, -0.2) is 38.1 Å². The highest BCUT2D eigenvalue weighted by atomic mass is 16.5. The fourth-order valence-electron chi connectivity index (χ4n) is 2.35. The molecule has 1 atom stereocenters. The molecule has 0 radical (unpaired) electrons. The third-order valence-electron chi connectivity index (χ3n) is 3.83. The maximum atomic E-state index is 12.0. The molecule has 0 unspecified atom stereocenters. The summed E-state index contributed by atoms with van der Waals surface area (Å²) in [5.41, 5.74) is 5.47. The Morgan fingerprint density at radius 1 is 0.931 bits per heavy atom. The Morgan fingerprint density at radius 2 is 1.66 bits per heavy atom. The van der Waals surface area contributed by atoms with Gasteiger partial charge in [-0.1, -0.05) is 30.3 Å². The molecular weight excluding hydrogens is 376 g/mol. The molecule has 0 heterocycles. The lowest BCUT2D eigenvalue weighted by Gasteiger charge is -2.13. The Bertz CT molecular complexity index is 895. The Morgan fingerprint density at radius 3 is 2.31 bits per heavy atom. The Kier molecular flexibility index (Phi) is 7.78. The second kappa shape index (κ2) is 10.5. The van der Waals surface area contributed by atoms with Crippen LogP contribution in [0.3, 0.4) is 0 Å². The van der Waals surface area contributed by atoms with E-state index in [4.69, 9.17) is 14.2 Å². The fourth-order valence-corrected chi connectivity index (χ4v) is 2.35. The number of amides is 2. The Labute approximate surface area is 168 Å². The number of hydrogen-bond acceptors (Lipinski definition) is 6. The molecule has 0 aliphatic heterocycles. The molecule has 0 saturated carbocycles. The molecular formula is C21H22N2O6. The first-order chi connectivity index (χ1) is 14.0. The van der Waals surface area contributed by atoms with Crippen molar-refractivity contribution in [1.29, 1.82) is 0 Å². The zero-order chi connectivity index (χ0) is 21.2. The van der Waals surface area contributed by atoms with E-state index in [1.165, 1.54) is 33.3 Å². The molecule has 152 valence electrons. The smallest absolute Gasteiger partial charge is 0.331 e. The number of hydrogen-bond donors (Lipinski definition) is 2. The van der Waals surface area contributed by atoms with E-state index >= 15 is 0 Å². The fraction of sp³-hybridized carbons (Fsp3) is 0.190. The van der Waals surface area contributed by atoms with Crippen LogP contribution in [0, 0.1) is 0 Å². The number of esters is 1. The van der Waals surface area contributed by atoms with E-state index in [2.05, 4.69) is 10.9 Å². The highest BCUT2D eigenvalue weighted by Gasteiger charge is 2.17. The molecule has 0 bridgehead atoms. The minimum Gasteiger partial charge on any atom is -0.493 e. The van der Waals surface area contributed by atoms with Gasteiger partial charge in [0.15, 0.2) is 17.6 Å². The second-order valence-corrected chi connectivity index (χ2v) is 5.80. The maximum Gasteiger partial charge on any atom is 0.331 e. The van der Waals surface area contributed by atoms with Crippen molar-refractivity contribution >= 4 is 23.9 Å². The number of nitrogens with one attached hydrogen (secondary N) is 2. The lowest BCUT2D eigenvalue weighted by Crippen LogP contribution is -2.46. The van der Waals surface area contributed by atoms with Gasteiger partial charge in [0.05, 0.1) is 14.2 Å². The van der Waals surface area contributed by atoms with Gasteiger partial charge in [-0.25, -0.2) is 4.79 Å². The number of methoxy groups -OCH3 is 2. The summed E-state index contributed by atoms with van der Waals surface area (Å²) in [6.45, 7) is 1.39. The first-order valence-electron chi connectivity index (χ1n) is 8.71. The van der Waals surface area contributed by atoms with Gasteiger partial charge >= 0.3 is 5.97 Å². The van der Waals surface area contributed by atoms with Crippen LogP contribution in [0.4, 0.5) is 0 Å². The van der Waals surface area contributed by atoms with Crippen LogP contribution in [0.15, 0.2) is 54.6 Å². The number of hydrazine groups is 1. The molecule has 8 nitrogen and oxygen atoms in total. The van der Waals surface area contributed by atoms with Crippen molar-refractivity contribution in [2.24, 2.45) is 0 Å². The number of ether oxygens (including phenoxy) is 3. The third-order valence-corrected chi connectivity index (χ3v) is 3.83. The van der Waals surface area contributed by atoms with E-state index < -0.39 is 23.9 Å². The lowest BCUT2D eigenvalue weighted by atomic mass is 10.1. The SMILES string of the molecule is COc1cccc(/C=C/C(=O)O[C@@H](C)C(=O)NNC(=O)c2ccccc2)c1OC. The monoisotopic (exact) mass is 398 g/mol. The van der Waals surface area contributed by atoms with Crippen molar-refractivity contribution < 1.29 is 28.6 Å². The number of para-hydroxylation sites is 1. The number of carbonyl (C=O) groups excluding carboxylic acids is 3. The van der Waals surface area contributed by atoms with E-state index in [1.807, 2.05) is 0 Å². The van der Waals surface area contributed by atoms with Crippen LogP contribution < -0.4 is 20.3 Å². The molecule has 2 aromatic carbocycles. The minimum absolute atomic E-state index is 0.382. The molecule has 0 aliphatic rings.